The van der Waals surface area contributed by atoms with Crippen LogP contribution in [0.1, 0.15) is 32.3 Å². The fourth-order valence-corrected chi connectivity index (χ4v) is 3.50. The van der Waals surface area contributed by atoms with Crippen LogP contribution in [0.15, 0.2) is 24.3 Å². The number of ether oxygens (including phenoxy) is 1. The number of likely N-dealkylation sites (tertiary alicyclic amines) is 1. The molecule has 2 heterocycles. The van der Waals surface area contributed by atoms with Crippen molar-refractivity contribution < 1.29 is 27.9 Å². The van der Waals surface area contributed by atoms with Crippen LogP contribution in [-0.2, 0) is 15.1 Å². The average Bonchev–Trinajstić information content (AvgIpc) is 2.86. The maximum absolute atomic E-state index is 12.9. The number of hydrogen-bond acceptors (Lipinski definition) is 4. The molecule has 1 aromatic rings. The van der Waals surface area contributed by atoms with Crippen LogP contribution < -0.4 is 10.1 Å². The Balaban J connectivity index is 1.70. The number of alkyl halides is 2. The van der Waals surface area contributed by atoms with Gasteiger partial charge in [-0.05, 0) is 43.4 Å². The minimum atomic E-state index is -2.95. The molecule has 9 heteroatoms. The quantitative estimate of drug-likeness (QED) is 0.776. The lowest BCUT2D eigenvalue weighted by Crippen LogP contribution is -2.46. The Morgan fingerprint density at radius 2 is 1.86 bits per heavy atom. The highest BCUT2D eigenvalue weighted by Gasteiger charge is 2.49. The van der Waals surface area contributed by atoms with Crippen molar-refractivity contribution in [3.05, 3.63) is 29.8 Å². The van der Waals surface area contributed by atoms with Gasteiger partial charge in [0.05, 0.1) is 0 Å². The lowest BCUT2D eigenvalue weighted by Gasteiger charge is -2.31. The average molecular weight is 395 g/mol. The Hall–Kier alpha value is -2.71. The summed E-state index contributed by atoms with van der Waals surface area (Å²) in [4.78, 5) is 40.3. The van der Waals surface area contributed by atoms with Gasteiger partial charge in [0.25, 0.3) is 5.91 Å². The van der Waals surface area contributed by atoms with Crippen LogP contribution in [0, 0.1) is 5.92 Å². The van der Waals surface area contributed by atoms with Crippen molar-refractivity contribution in [2.24, 2.45) is 5.92 Å². The van der Waals surface area contributed by atoms with Crippen molar-refractivity contribution in [2.75, 3.05) is 19.6 Å². The van der Waals surface area contributed by atoms with Gasteiger partial charge in [-0.1, -0.05) is 19.1 Å². The molecule has 0 aliphatic carbocycles. The number of piperidine rings is 1. The molecular formula is C19H23F2N3O4. The van der Waals surface area contributed by atoms with E-state index in [9.17, 15) is 23.2 Å². The predicted octanol–water partition coefficient (Wildman–Crippen LogP) is 2.31. The first kappa shape index (κ1) is 20.0. The van der Waals surface area contributed by atoms with E-state index >= 15 is 0 Å². The summed E-state index contributed by atoms with van der Waals surface area (Å²) in [6.45, 7) is 1.61. The van der Waals surface area contributed by atoms with E-state index in [0.29, 0.717) is 24.6 Å². The molecule has 1 N–H and O–H groups in total. The summed E-state index contributed by atoms with van der Waals surface area (Å²) in [6, 6.07) is 4.82. The lowest BCUT2D eigenvalue weighted by atomic mass is 9.92. The van der Waals surface area contributed by atoms with Crippen LogP contribution in [0.3, 0.4) is 0 Å². The molecule has 2 aliphatic heterocycles. The van der Waals surface area contributed by atoms with Gasteiger partial charge < -0.3 is 15.0 Å². The van der Waals surface area contributed by atoms with Gasteiger partial charge >= 0.3 is 12.6 Å². The number of urea groups is 1. The highest BCUT2D eigenvalue weighted by Crippen LogP contribution is 2.30. The zero-order valence-electron chi connectivity index (χ0n) is 15.8. The van der Waals surface area contributed by atoms with Crippen LogP contribution in [0.25, 0.3) is 0 Å². The minimum Gasteiger partial charge on any atom is -0.435 e. The summed E-state index contributed by atoms with van der Waals surface area (Å²) < 4.78 is 28.9. The number of carbonyl (C=O) groups excluding carboxylic acids is 3. The first-order chi connectivity index (χ1) is 13.2. The SMILES string of the molecule is CC1CCN(C(=O)CN2C(=O)N[C@](C)(c3ccc(OC(F)F)cc3)C2=O)CC1. The largest absolute Gasteiger partial charge is 0.435 e. The summed E-state index contributed by atoms with van der Waals surface area (Å²) in [6.07, 6.45) is 1.80. The Labute approximate surface area is 161 Å². The fraction of sp³-hybridized carbons (Fsp3) is 0.526. The predicted molar refractivity (Wildman–Crippen MR) is 95.6 cm³/mol. The maximum Gasteiger partial charge on any atom is 0.387 e. The highest BCUT2D eigenvalue weighted by molar-refractivity contribution is 6.09. The molecule has 152 valence electrons. The number of amides is 4. The molecular weight excluding hydrogens is 372 g/mol. The fourth-order valence-electron chi connectivity index (χ4n) is 3.50. The molecule has 7 nitrogen and oxygen atoms in total. The monoisotopic (exact) mass is 395 g/mol. The van der Waals surface area contributed by atoms with Crippen molar-refractivity contribution >= 4 is 17.8 Å². The van der Waals surface area contributed by atoms with E-state index in [-0.39, 0.29) is 18.2 Å². The minimum absolute atomic E-state index is 0.0505. The number of imide groups is 1. The molecule has 1 aromatic carbocycles. The molecule has 3 rings (SSSR count). The molecule has 4 amide bonds. The van der Waals surface area contributed by atoms with E-state index in [1.165, 1.54) is 31.2 Å². The third-order valence-corrected chi connectivity index (χ3v) is 5.36. The van der Waals surface area contributed by atoms with Gasteiger partial charge in [0, 0.05) is 13.1 Å². The Bertz CT molecular complexity index is 763. The third-order valence-electron chi connectivity index (χ3n) is 5.36. The first-order valence-electron chi connectivity index (χ1n) is 9.18. The maximum atomic E-state index is 12.9. The highest BCUT2D eigenvalue weighted by atomic mass is 19.3. The standard InChI is InChI=1S/C19H23F2N3O4/c1-12-7-9-23(10-8-12)15(25)11-24-16(26)19(2,22-18(24)27)13-3-5-14(6-4-13)28-17(20)21/h3-6,12,17H,7-11H2,1-2H3,(H,22,27)/t19-/m1/s1. The number of nitrogens with zero attached hydrogens (tertiary/aromatic N) is 2. The molecule has 2 aliphatic rings. The molecule has 0 saturated carbocycles. The molecule has 28 heavy (non-hydrogen) atoms. The topological polar surface area (TPSA) is 79.0 Å². The molecule has 0 aromatic heterocycles. The molecule has 0 unspecified atom stereocenters. The van der Waals surface area contributed by atoms with Crippen molar-refractivity contribution in [1.29, 1.82) is 0 Å². The lowest BCUT2D eigenvalue weighted by molar-refractivity contribution is -0.139. The zero-order chi connectivity index (χ0) is 20.5. The third kappa shape index (κ3) is 3.93. The second-order valence-electron chi connectivity index (χ2n) is 7.41. The number of benzene rings is 1. The smallest absolute Gasteiger partial charge is 0.387 e. The Kier molecular flexibility index (Phi) is 5.53. The van der Waals surface area contributed by atoms with Crippen molar-refractivity contribution in [3.8, 4) is 5.75 Å². The molecule has 0 bridgehead atoms. The number of carbonyl (C=O) groups is 3. The summed E-state index contributed by atoms with van der Waals surface area (Å²) in [5.74, 6) is -0.314. The van der Waals surface area contributed by atoms with Gasteiger partial charge in [0.15, 0.2) is 0 Å². The van der Waals surface area contributed by atoms with Crippen LogP contribution in [0.5, 0.6) is 5.75 Å². The molecule has 0 spiro atoms. The van der Waals surface area contributed by atoms with Gasteiger partial charge in [-0.3, -0.25) is 14.5 Å². The molecule has 0 radical (unpaired) electrons. The number of nitrogens with one attached hydrogen (secondary N) is 1. The summed E-state index contributed by atoms with van der Waals surface area (Å²) in [5, 5.41) is 2.60. The number of rotatable bonds is 5. The van der Waals surface area contributed by atoms with Gasteiger partial charge in [-0.15, -0.1) is 0 Å². The normalized spacial score (nSPS) is 23.3. The second-order valence-corrected chi connectivity index (χ2v) is 7.41. The van der Waals surface area contributed by atoms with E-state index in [4.69, 9.17) is 0 Å². The number of halogens is 2. The zero-order valence-corrected chi connectivity index (χ0v) is 15.8. The van der Waals surface area contributed by atoms with Gasteiger partial charge in [0.1, 0.15) is 17.8 Å². The van der Waals surface area contributed by atoms with Crippen LogP contribution in [-0.4, -0.2) is 53.9 Å². The van der Waals surface area contributed by atoms with E-state index in [0.717, 1.165) is 17.7 Å². The Morgan fingerprint density at radius 1 is 1.25 bits per heavy atom. The van der Waals surface area contributed by atoms with E-state index in [1.54, 1.807) is 4.90 Å². The van der Waals surface area contributed by atoms with Gasteiger partial charge in [0.2, 0.25) is 5.91 Å². The van der Waals surface area contributed by atoms with E-state index in [1.807, 2.05) is 0 Å². The summed E-state index contributed by atoms with van der Waals surface area (Å²) in [5.41, 5.74) is -0.967. The van der Waals surface area contributed by atoms with Crippen LogP contribution >= 0.6 is 0 Å². The van der Waals surface area contributed by atoms with Gasteiger partial charge in [-0.25, -0.2) is 4.79 Å². The van der Waals surface area contributed by atoms with Crippen molar-refractivity contribution in [3.63, 3.8) is 0 Å². The molecule has 2 fully saturated rings. The molecule has 1 atom stereocenters. The number of hydrogen-bond donors (Lipinski definition) is 1. The summed E-state index contributed by atoms with van der Waals surface area (Å²) in [7, 11) is 0. The van der Waals surface area contributed by atoms with Crippen molar-refractivity contribution in [1.82, 2.24) is 15.1 Å². The molecule has 2 saturated heterocycles. The summed E-state index contributed by atoms with van der Waals surface area (Å²) >= 11 is 0. The van der Waals surface area contributed by atoms with E-state index < -0.39 is 24.1 Å². The Morgan fingerprint density at radius 3 is 2.43 bits per heavy atom. The van der Waals surface area contributed by atoms with Crippen LogP contribution in [0.2, 0.25) is 0 Å². The second kappa shape index (κ2) is 7.73. The first-order valence-corrected chi connectivity index (χ1v) is 9.18. The van der Waals surface area contributed by atoms with Crippen molar-refractivity contribution in [2.45, 2.75) is 38.8 Å². The van der Waals surface area contributed by atoms with E-state index in [2.05, 4.69) is 17.0 Å². The van der Waals surface area contributed by atoms with Gasteiger partial charge in [-0.2, -0.15) is 8.78 Å². The van der Waals surface area contributed by atoms with Crippen LogP contribution in [0.4, 0.5) is 13.6 Å².